The van der Waals surface area contributed by atoms with E-state index in [0.29, 0.717) is 48.7 Å². The number of urea groups is 1. The number of amides is 4. The van der Waals surface area contributed by atoms with Gasteiger partial charge in [0.25, 0.3) is 5.91 Å². The van der Waals surface area contributed by atoms with Gasteiger partial charge in [-0.1, -0.05) is 18.5 Å². The fraction of sp³-hybridized carbons (Fsp3) is 0.375. The topological polar surface area (TPSA) is 102 Å². The van der Waals surface area contributed by atoms with E-state index in [1.54, 1.807) is 24.3 Å². The summed E-state index contributed by atoms with van der Waals surface area (Å²) in [5.41, 5.74) is 0.821. The van der Waals surface area contributed by atoms with Crippen LogP contribution in [0.2, 0.25) is 5.02 Å². The van der Waals surface area contributed by atoms with Crippen LogP contribution in [0.15, 0.2) is 42.5 Å². The zero-order valence-electron chi connectivity index (χ0n) is 18.6. The maximum absolute atomic E-state index is 14.8. The molecule has 4 rings (SSSR count). The molecule has 2 aliphatic rings. The molecule has 0 aliphatic carbocycles. The van der Waals surface area contributed by atoms with Crippen molar-refractivity contribution >= 4 is 46.5 Å². The minimum absolute atomic E-state index is 0.0450. The smallest absolute Gasteiger partial charge is 0.322 e. The molecule has 1 unspecified atom stereocenters. The van der Waals surface area contributed by atoms with Crippen molar-refractivity contribution in [2.45, 2.75) is 38.3 Å². The van der Waals surface area contributed by atoms with Crippen LogP contribution in [0.25, 0.3) is 0 Å². The molecule has 2 aromatic carbocycles. The van der Waals surface area contributed by atoms with Crippen LogP contribution < -0.4 is 15.5 Å². The number of rotatable bonds is 4. The lowest BCUT2D eigenvalue weighted by molar-refractivity contribution is -0.128. The molecule has 4 amide bonds. The zero-order chi connectivity index (χ0) is 24.4. The van der Waals surface area contributed by atoms with Gasteiger partial charge in [0, 0.05) is 29.5 Å². The van der Waals surface area contributed by atoms with Gasteiger partial charge in [0.15, 0.2) is 0 Å². The molecule has 0 aromatic heterocycles. The average molecular weight is 489 g/mol. The van der Waals surface area contributed by atoms with E-state index in [2.05, 4.69) is 10.6 Å². The van der Waals surface area contributed by atoms with Crippen LogP contribution in [0.4, 0.5) is 26.2 Å². The number of carbonyl (C=O) groups excluding carboxylic acids is 3. The lowest BCUT2D eigenvalue weighted by Crippen LogP contribution is -2.45. The van der Waals surface area contributed by atoms with Crippen LogP contribution in [0.1, 0.15) is 26.2 Å². The van der Waals surface area contributed by atoms with E-state index in [9.17, 15) is 23.9 Å². The Morgan fingerprint density at radius 1 is 1.15 bits per heavy atom. The van der Waals surface area contributed by atoms with Crippen molar-refractivity contribution in [3.8, 4) is 0 Å². The number of halogens is 2. The van der Waals surface area contributed by atoms with Crippen molar-refractivity contribution < 1.29 is 23.9 Å². The van der Waals surface area contributed by atoms with Crippen molar-refractivity contribution in [1.29, 1.82) is 0 Å². The summed E-state index contributed by atoms with van der Waals surface area (Å²) in [7, 11) is 0. The summed E-state index contributed by atoms with van der Waals surface area (Å²) in [6, 6.07) is 9.51. The molecule has 8 nitrogen and oxygen atoms in total. The Kier molecular flexibility index (Phi) is 7.04. The molecule has 0 spiro atoms. The van der Waals surface area contributed by atoms with E-state index in [4.69, 9.17) is 11.6 Å². The molecule has 3 atom stereocenters. The highest BCUT2D eigenvalue weighted by atomic mass is 35.5. The number of nitrogens with one attached hydrogen (secondary N) is 2. The second-order valence-electron chi connectivity index (χ2n) is 8.75. The summed E-state index contributed by atoms with van der Waals surface area (Å²) in [6.07, 6.45) is 0.347. The Bertz CT molecular complexity index is 1100. The normalized spacial score (nSPS) is 22.6. The molecule has 2 saturated heterocycles. The fourth-order valence-electron chi connectivity index (χ4n) is 4.35. The van der Waals surface area contributed by atoms with Crippen LogP contribution >= 0.6 is 11.6 Å². The highest BCUT2D eigenvalue weighted by Gasteiger charge is 2.38. The lowest BCUT2D eigenvalue weighted by Gasteiger charge is -2.30. The van der Waals surface area contributed by atoms with E-state index in [-0.39, 0.29) is 11.6 Å². The third kappa shape index (κ3) is 5.15. The van der Waals surface area contributed by atoms with E-state index < -0.39 is 35.8 Å². The number of aliphatic hydroxyl groups is 1. The number of anilines is 3. The fourth-order valence-corrected chi connectivity index (χ4v) is 4.48. The summed E-state index contributed by atoms with van der Waals surface area (Å²) >= 11 is 5.88. The Balaban J connectivity index is 1.44. The SMILES string of the molecule is C[C@@H]1C[C@H](C(=O)Nc2ccc(N3CCCC(O)C3=O)cc2F)N(C(=O)Nc2ccc(Cl)cc2)C1. The average Bonchev–Trinajstić information content (AvgIpc) is 3.20. The molecule has 0 bridgehead atoms. The van der Waals surface area contributed by atoms with Gasteiger partial charge in [-0.2, -0.15) is 0 Å². The zero-order valence-corrected chi connectivity index (χ0v) is 19.4. The van der Waals surface area contributed by atoms with E-state index >= 15 is 0 Å². The minimum atomic E-state index is -1.09. The van der Waals surface area contributed by atoms with Crippen molar-refractivity contribution in [3.05, 3.63) is 53.3 Å². The predicted octanol–water partition coefficient (Wildman–Crippen LogP) is 3.85. The van der Waals surface area contributed by atoms with Crippen LogP contribution in [0.3, 0.4) is 0 Å². The number of hydrogen-bond acceptors (Lipinski definition) is 4. The van der Waals surface area contributed by atoms with Crippen LogP contribution in [0.5, 0.6) is 0 Å². The molecule has 2 fully saturated rings. The van der Waals surface area contributed by atoms with Gasteiger partial charge in [-0.05, 0) is 67.6 Å². The van der Waals surface area contributed by atoms with Gasteiger partial charge >= 0.3 is 6.03 Å². The van der Waals surface area contributed by atoms with Crippen molar-refractivity contribution in [2.75, 3.05) is 28.6 Å². The summed E-state index contributed by atoms with van der Waals surface area (Å²) < 4.78 is 14.8. The number of likely N-dealkylation sites (tertiary alicyclic amines) is 1. The third-order valence-electron chi connectivity index (χ3n) is 6.10. The van der Waals surface area contributed by atoms with Crippen molar-refractivity contribution in [2.24, 2.45) is 5.92 Å². The molecule has 10 heteroatoms. The molecule has 2 aromatic rings. The summed E-state index contributed by atoms with van der Waals surface area (Å²) in [5.74, 6) is -1.58. The molecule has 2 aliphatic heterocycles. The van der Waals surface area contributed by atoms with Crippen LogP contribution in [-0.4, -0.2) is 53.1 Å². The van der Waals surface area contributed by atoms with Gasteiger partial charge in [-0.15, -0.1) is 0 Å². The lowest BCUT2D eigenvalue weighted by atomic mass is 10.1. The molecule has 180 valence electrons. The number of carbonyl (C=O) groups is 3. The Morgan fingerprint density at radius 2 is 1.88 bits per heavy atom. The van der Waals surface area contributed by atoms with Gasteiger partial charge in [0.05, 0.1) is 5.69 Å². The first kappa shape index (κ1) is 24.0. The monoisotopic (exact) mass is 488 g/mol. The maximum Gasteiger partial charge on any atom is 0.322 e. The van der Waals surface area contributed by atoms with Crippen LogP contribution in [0, 0.1) is 11.7 Å². The number of aliphatic hydroxyl groups excluding tert-OH is 1. The predicted molar refractivity (Wildman–Crippen MR) is 127 cm³/mol. The first-order valence-electron chi connectivity index (χ1n) is 11.2. The minimum Gasteiger partial charge on any atom is -0.383 e. The molecule has 3 N–H and O–H groups in total. The first-order valence-corrected chi connectivity index (χ1v) is 11.5. The van der Waals surface area contributed by atoms with Crippen molar-refractivity contribution in [1.82, 2.24) is 4.90 Å². The molecule has 34 heavy (non-hydrogen) atoms. The maximum atomic E-state index is 14.8. The van der Waals surface area contributed by atoms with E-state index in [1.807, 2.05) is 6.92 Å². The second kappa shape index (κ2) is 9.99. The Morgan fingerprint density at radius 3 is 2.59 bits per heavy atom. The molecule has 0 radical (unpaired) electrons. The van der Waals surface area contributed by atoms with E-state index in [1.165, 1.54) is 21.9 Å². The molecular weight excluding hydrogens is 463 g/mol. The largest absolute Gasteiger partial charge is 0.383 e. The summed E-state index contributed by atoms with van der Waals surface area (Å²) in [5, 5.41) is 15.7. The summed E-state index contributed by atoms with van der Waals surface area (Å²) in [4.78, 5) is 40.8. The number of nitrogens with zero attached hydrogens (tertiary/aromatic N) is 2. The second-order valence-corrected chi connectivity index (χ2v) is 9.18. The Hall–Kier alpha value is -3.17. The van der Waals surface area contributed by atoms with Gasteiger partial charge in [-0.25, -0.2) is 9.18 Å². The number of piperidine rings is 1. The first-order chi connectivity index (χ1) is 16.2. The highest BCUT2D eigenvalue weighted by molar-refractivity contribution is 6.30. The molecule has 2 heterocycles. The standard InChI is InChI=1S/C24H26ClFN4O4/c1-14-11-20(30(13-14)24(34)27-16-6-4-15(25)5-7-16)22(32)28-19-9-8-17(12-18(19)26)29-10-2-3-21(31)23(29)33/h4-9,12,14,20-21,31H,2-3,10-11,13H2,1H3,(H,27,34)(H,28,32)/t14-,20-,21?/m1/s1. The molecule has 0 saturated carbocycles. The third-order valence-corrected chi connectivity index (χ3v) is 6.35. The molecular formula is C24H26ClFN4O4. The quantitative estimate of drug-likeness (QED) is 0.608. The van der Waals surface area contributed by atoms with Gasteiger partial charge < -0.3 is 25.5 Å². The van der Waals surface area contributed by atoms with Gasteiger partial charge in [0.1, 0.15) is 18.0 Å². The van der Waals surface area contributed by atoms with Gasteiger partial charge in [0.2, 0.25) is 5.91 Å². The van der Waals surface area contributed by atoms with E-state index in [0.717, 1.165) is 6.07 Å². The Labute approximate surface area is 201 Å². The van der Waals surface area contributed by atoms with Crippen molar-refractivity contribution in [3.63, 3.8) is 0 Å². The van der Waals surface area contributed by atoms with Gasteiger partial charge in [-0.3, -0.25) is 9.59 Å². The highest BCUT2D eigenvalue weighted by Crippen LogP contribution is 2.28. The summed E-state index contributed by atoms with van der Waals surface area (Å²) in [6.45, 7) is 2.71. The van der Waals surface area contributed by atoms with Crippen LogP contribution in [-0.2, 0) is 9.59 Å². The number of hydrogen-bond donors (Lipinski definition) is 3. The number of benzene rings is 2.